The molecule has 0 fully saturated rings. The molecule has 20 heavy (non-hydrogen) atoms. The molecule has 1 heterocycles. The van der Waals surface area contributed by atoms with Crippen molar-refractivity contribution < 1.29 is 5.11 Å². The van der Waals surface area contributed by atoms with Gasteiger partial charge >= 0.3 is 5.69 Å². The number of anilines is 1. The average molecular weight is 334 g/mol. The zero-order valence-corrected chi connectivity index (χ0v) is 12.0. The summed E-state index contributed by atoms with van der Waals surface area (Å²) in [6, 6.07) is 10.8. The van der Waals surface area contributed by atoms with E-state index >= 15 is 0 Å². The monoisotopic (exact) mass is 333 g/mol. The van der Waals surface area contributed by atoms with Crippen LogP contribution in [0.1, 0.15) is 5.56 Å². The van der Waals surface area contributed by atoms with Crippen molar-refractivity contribution in [1.29, 1.82) is 0 Å². The van der Waals surface area contributed by atoms with Crippen LogP contribution in [0, 0.1) is 0 Å². The number of aromatic nitrogens is 2. The van der Waals surface area contributed by atoms with Crippen LogP contribution in [0.3, 0.4) is 0 Å². The normalized spacial score (nSPS) is 10.8. The summed E-state index contributed by atoms with van der Waals surface area (Å²) in [6.45, 7) is 0.492. The highest BCUT2D eigenvalue weighted by molar-refractivity contribution is 9.10. The van der Waals surface area contributed by atoms with Gasteiger partial charge in [-0.2, -0.15) is 0 Å². The molecule has 0 unspecified atom stereocenters. The summed E-state index contributed by atoms with van der Waals surface area (Å²) in [5.74, 6) is 0.257. The Morgan fingerprint density at radius 1 is 1.15 bits per heavy atom. The number of imidazole rings is 1. The number of phenolic OH excluding ortho intramolecular Hbond substituents is 1. The number of H-pyrrole nitrogens is 2. The van der Waals surface area contributed by atoms with E-state index in [0.29, 0.717) is 6.54 Å². The quantitative estimate of drug-likeness (QED) is 0.594. The lowest BCUT2D eigenvalue weighted by molar-refractivity contribution is 0.469. The molecule has 0 aliphatic heterocycles. The second kappa shape index (κ2) is 5.05. The van der Waals surface area contributed by atoms with E-state index in [0.717, 1.165) is 26.8 Å². The fourth-order valence-corrected chi connectivity index (χ4v) is 2.53. The van der Waals surface area contributed by atoms with Crippen LogP contribution >= 0.6 is 15.9 Å². The molecule has 0 spiro atoms. The summed E-state index contributed by atoms with van der Waals surface area (Å²) >= 11 is 3.46. The maximum absolute atomic E-state index is 11.3. The van der Waals surface area contributed by atoms with Gasteiger partial charge in [-0.3, -0.25) is 0 Å². The molecule has 0 aliphatic rings. The van der Waals surface area contributed by atoms with E-state index < -0.39 is 0 Å². The maximum Gasteiger partial charge on any atom is 0.323 e. The number of aromatic amines is 2. The second-order valence-corrected chi connectivity index (χ2v) is 5.29. The van der Waals surface area contributed by atoms with Crippen molar-refractivity contribution in [2.24, 2.45) is 0 Å². The van der Waals surface area contributed by atoms with Crippen molar-refractivity contribution >= 4 is 32.7 Å². The number of aromatic hydroxyl groups is 1. The SMILES string of the molecule is O=c1[nH]c2cc(Br)c(NCc3ccccc3O)cc2[nH]1. The molecule has 1 aromatic heterocycles. The first-order valence-corrected chi connectivity index (χ1v) is 6.85. The van der Waals surface area contributed by atoms with Gasteiger partial charge in [-0.1, -0.05) is 18.2 Å². The molecule has 4 N–H and O–H groups in total. The Hall–Kier alpha value is -2.21. The lowest BCUT2D eigenvalue weighted by Gasteiger charge is -2.10. The van der Waals surface area contributed by atoms with Crippen LogP contribution in [-0.2, 0) is 6.54 Å². The molecule has 0 saturated carbocycles. The minimum atomic E-state index is -0.232. The minimum absolute atomic E-state index is 0.232. The Kier molecular flexibility index (Phi) is 3.23. The fraction of sp³-hybridized carbons (Fsp3) is 0.0714. The Labute approximate surface area is 122 Å². The predicted molar refractivity (Wildman–Crippen MR) is 82.1 cm³/mol. The highest BCUT2D eigenvalue weighted by Gasteiger charge is 2.06. The molecule has 5 nitrogen and oxygen atoms in total. The van der Waals surface area contributed by atoms with Crippen LogP contribution in [-0.4, -0.2) is 15.1 Å². The molecule has 0 saturated heterocycles. The van der Waals surface area contributed by atoms with Crippen LogP contribution in [0.25, 0.3) is 11.0 Å². The molecule has 0 atom stereocenters. The van der Waals surface area contributed by atoms with E-state index in [1.54, 1.807) is 12.1 Å². The highest BCUT2D eigenvalue weighted by Crippen LogP contribution is 2.27. The van der Waals surface area contributed by atoms with Crippen molar-refractivity contribution in [3.8, 4) is 5.75 Å². The van der Waals surface area contributed by atoms with E-state index in [1.165, 1.54) is 0 Å². The van der Waals surface area contributed by atoms with Gasteiger partial charge in [-0.15, -0.1) is 0 Å². The third-order valence-corrected chi connectivity index (χ3v) is 3.72. The Morgan fingerprint density at radius 3 is 2.60 bits per heavy atom. The van der Waals surface area contributed by atoms with Crippen molar-refractivity contribution in [1.82, 2.24) is 9.97 Å². The summed E-state index contributed by atoms with van der Waals surface area (Å²) in [6.07, 6.45) is 0. The molecule has 0 radical (unpaired) electrons. The average Bonchev–Trinajstić information content (AvgIpc) is 2.76. The van der Waals surface area contributed by atoms with Gasteiger partial charge in [0.25, 0.3) is 0 Å². The first-order chi connectivity index (χ1) is 9.63. The molecule has 102 valence electrons. The molecule has 3 aromatic rings. The van der Waals surface area contributed by atoms with E-state index in [9.17, 15) is 9.90 Å². The predicted octanol–water partition coefficient (Wildman–Crippen LogP) is 2.94. The third kappa shape index (κ3) is 2.42. The lowest BCUT2D eigenvalue weighted by Crippen LogP contribution is -2.00. The van der Waals surface area contributed by atoms with Crippen LogP contribution in [0.2, 0.25) is 0 Å². The van der Waals surface area contributed by atoms with Crippen molar-refractivity contribution in [3.05, 3.63) is 56.9 Å². The van der Waals surface area contributed by atoms with Gasteiger partial charge in [0.1, 0.15) is 5.75 Å². The number of rotatable bonds is 3. The van der Waals surface area contributed by atoms with Gasteiger partial charge in [0.15, 0.2) is 0 Å². The zero-order chi connectivity index (χ0) is 14.1. The Balaban J connectivity index is 1.89. The van der Waals surface area contributed by atoms with Crippen molar-refractivity contribution in [2.45, 2.75) is 6.54 Å². The number of hydrogen-bond donors (Lipinski definition) is 4. The van der Waals surface area contributed by atoms with Gasteiger partial charge < -0.3 is 20.4 Å². The third-order valence-electron chi connectivity index (χ3n) is 3.06. The summed E-state index contributed by atoms with van der Waals surface area (Å²) in [4.78, 5) is 16.7. The van der Waals surface area contributed by atoms with E-state index in [2.05, 4.69) is 31.2 Å². The van der Waals surface area contributed by atoms with E-state index in [-0.39, 0.29) is 11.4 Å². The zero-order valence-electron chi connectivity index (χ0n) is 10.4. The maximum atomic E-state index is 11.3. The Morgan fingerprint density at radius 2 is 1.85 bits per heavy atom. The van der Waals surface area contributed by atoms with Gasteiger partial charge in [0.05, 0.1) is 16.7 Å². The van der Waals surface area contributed by atoms with E-state index in [1.807, 2.05) is 24.3 Å². The number of hydrogen-bond acceptors (Lipinski definition) is 3. The molecule has 3 rings (SSSR count). The number of nitrogens with one attached hydrogen (secondary N) is 3. The van der Waals surface area contributed by atoms with Crippen LogP contribution in [0.15, 0.2) is 45.7 Å². The molecular formula is C14H12BrN3O2. The first kappa shape index (κ1) is 12.8. The van der Waals surface area contributed by atoms with E-state index in [4.69, 9.17) is 0 Å². The molecule has 0 bridgehead atoms. The molecule has 0 amide bonds. The van der Waals surface area contributed by atoms with Crippen LogP contribution < -0.4 is 11.0 Å². The number of benzene rings is 2. The summed E-state index contributed by atoms with van der Waals surface area (Å²) in [5.41, 5.74) is 2.90. The topological polar surface area (TPSA) is 80.9 Å². The van der Waals surface area contributed by atoms with Crippen LogP contribution in [0.4, 0.5) is 5.69 Å². The van der Waals surface area contributed by atoms with Crippen molar-refractivity contribution in [2.75, 3.05) is 5.32 Å². The van der Waals surface area contributed by atoms with Crippen molar-refractivity contribution in [3.63, 3.8) is 0 Å². The standard InChI is InChI=1S/C14H12BrN3O2/c15-9-5-11-12(18-14(20)17-11)6-10(9)16-7-8-3-1-2-4-13(8)19/h1-6,16,19H,7H2,(H2,17,18,20). The van der Waals surface area contributed by atoms with Gasteiger partial charge in [-0.05, 0) is 34.1 Å². The fourth-order valence-electron chi connectivity index (χ4n) is 2.04. The summed E-state index contributed by atoms with van der Waals surface area (Å²) in [5, 5.41) is 13.0. The smallest absolute Gasteiger partial charge is 0.323 e. The van der Waals surface area contributed by atoms with Gasteiger partial charge in [0, 0.05) is 16.6 Å². The Bertz CT molecular complexity index is 823. The van der Waals surface area contributed by atoms with Gasteiger partial charge in [0.2, 0.25) is 0 Å². The largest absolute Gasteiger partial charge is 0.508 e. The molecular weight excluding hydrogens is 322 g/mol. The minimum Gasteiger partial charge on any atom is -0.508 e. The number of para-hydroxylation sites is 1. The van der Waals surface area contributed by atoms with Gasteiger partial charge in [-0.25, -0.2) is 4.79 Å². The molecule has 2 aromatic carbocycles. The molecule has 6 heteroatoms. The second-order valence-electron chi connectivity index (χ2n) is 4.44. The summed E-state index contributed by atoms with van der Waals surface area (Å²) < 4.78 is 0.843. The lowest BCUT2D eigenvalue weighted by atomic mass is 10.2. The number of phenols is 1. The number of fused-ring (bicyclic) bond motifs is 1. The molecule has 0 aliphatic carbocycles. The number of halogens is 1. The highest BCUT2D eigenvalue weighted by atomic mass is 79.9. The summed E-state index contributed by atoms with van der Waals surface area (Å²) in [7, 11) is 0. The first-order valence-electron chi connectivity index (χ1n) is 6.06. The van der Waals surface area contributed by atoms with Crippen LogP contribution in [0.5, 0.6) is 5.75 Å².